The van der Waals surface area contributed by atoms with E-state index in [2.05, 4.69) is 5.32 Å². The third kappa shape index (κ3) is 4.29. The number of carboxylic acid groups (broad SMARTS) is 1. The van der Waals surface area contributed by atoms with E-state index in [1.54, 1.807) is 13.8 Å². The van der Waals surface area contributed by atoms with E-state index in [1.165, 1.54) is 0 Å². The summed E-state index contributed by atoms with van der Waals surface area (Å²) in [6, 6.07) is -1.01. The highest BCUT2D eigenvalue weighted by molar-refractivity contribution is 5.86. The van der Waals surface area contributed by atoms with Crippen molar-refractivity contribution in [3.8, 4) is 0 Å². The van der Waals surface area contributed by atoms with Crippen LogP contribution in [0.3, 0.4) is 0 Å². The molecule has 1 atom stereocenters. The molecule has 0 aliphatic heterocycles. The summed E-state index contributed by atoms with van der Waals surface area (Å²) in [5.74, 6) is -1.42. The number of rotatable bonds is 6. The Bertz CT molecular complexity index is 238. The molecule has 3 N–H and O–H groups in total. The maximum absolute atomic E-state index is 11.6. The smallest absolute Gasteiger partial charge is 0.326 e. The van der Waals surface area contributed by atoms with Crippen molar-refractivity contribution in [2.45, 2.75) is 39.7 Å². The van der Waals surface area contributed by atoms with E-state index >= 15 is 0 Å². The number of aliphatic carboxylic acids is 1. The SMILES string of the molecule is CCC(C)(C)C(=O)N[C@@H](CCO)C(=O)O. The number of carboxylic acids is 1. The Kier molecular flexibility index (Phi) is 5.28. The van der Waals surface area contributed by atoms with Crippen LogP contribution in [0.5, 0.6) is 0 Å². The summed E-state index contributed by atoms with van der Waals surface area (Å²) in [6.07, 6.45) is 0.658. The molecule has 5 nitrogen and oxygen atoms in total. The minimum absolute atomic E-state index is 0.0286. The van der Waals surface area contributed by atoms with Crippen molar-refractivity contribution < 1.29 is 19.8 Å². The first-order chi connectivity index (χ1) is 6.85. The summed E-state index contributed by atoms with van der Waals surface area (Å²) >= 11 is 0. The Morgan fingerprint density at radius 3 is 2.27 bits per heavy atom. The largest absolute Gasteiger partial charge is 0.480 e. The van der Waals surface area contributed by atoms with Crippen LogP contribution in [0, 0.1) is 5.41 Å². The zero-order chi connectivity index (χ0) is 12.1. The molecule has 0 saturated carbocycles. The predicted molar refractivity (Wildman–Crippen MR) is 55.3 cm³/mol. The van der Waals surface area contributed by atoms with Gasteiger partial charge in [-0.15, -0.1) is 0 Å². The van der Waals surface area contributed by atoms with Gasteiger partial charge in [-0.05, 0) is 6.42 Å². The van der Waals surface area contributed by atoms with Crippen molar-refractivity contribution in [2.24, 2.45) is 5.41 Å². The van der Waals surface area contributed by atoms with Crippen LogP contribution in [0.25, 0.3) is 0 Å². The van der Waals surface area contributed by atoms with Gasteiger partial charge in [0.2, 0.25) is 5.91 Å². The van der Waals surface area contributed by atoms with Gasteiger partial charge in [0.1, 0.15) is 6.04 Å². The third-order valence-electron chi connectivity index (χ3n) is 2.52. The molecule has 5 heteroatoms. The lowest BCUT2D eigenvalue weighted by molar-refractivity contribution is -0.144. The first-order valence-electron chi connectivity index (χ1n) is 4.99. The van der Waals surface area contributed by atoms with Gasteiger partial charge in [0, 0.05) is 18.4 Å². The molecular weight excluding hydrogens is 198 g/mol. The Hall–Kier alpha value is -1.10. The molecule has 0 aromatic rings. The van der Waals surface area contributed by atoms with Gasteiger partial charge in [0.15, 0.2) is 0 Å². The lowest BCUT2D eigenvalue weighted by Gasteiger charge is -2.24. The first kappa shape index (κ1) is 13.9. The van der Waals surface area contributed by atoms with Crippen LogP contribution in [0.1, 0.15) is 33.6 Å². The van der Waals surface area contributed by atoms with Crippen LogP contribution in [0.4, 0.5) is 0 Å². The topological polar surface area (TPSA) is 86.6 Å². The highest BCUT2D eigenvalue weighted by atomic mass is 16.4. The van der Waals surface area contributed by atoms with Gasteiger partial charge >= 0.3 is 5.97 Å². The standard InChI is InChI=1S/C10H19NO4/c1-4-10(2,3)9(15)11-7(5-6-12)8(13)14/h7,12H,4-6H2,1-3H3,(H,11,15)(H,13,14)/t7-/m0/s1. The van der Waals surface area contributed by atoms with E-state index in [9.17, 15) is 9.59 Å². The lowest BCUT2D eigenvalue weighted by atomic mass is 9.89. The molecule has 0 unspecified atom stereocenters. The molecular formula is C10H19NO4. The van der Waals surface area contributed by atoms with Crippen molar-refractivity contribution >= 4 is 11.9 Å². The Balaban J connectivity index is 4.41. The molecule has 0 aliphatic carbocycles. The van der Waals surface area contributed by atoms with E-state index in [1.807, 2.05) is 6.92 Å². The molecule has 0 heterocycles. The zero-order valence-corrected chi connectivity index (χ0v) is 9.41. The summed E-state index contributed by atoms with van der Waals surface area (Å²) in [4.78, 5) is 22.3. The van der Waals surface area contributed by atoms with Crippen LogP contribution in [0.15, 0.2) is 0 Å². The number of hydrogen-bond donors (Lipinski definition) is 3. The molecule has 88 valence electrons. The minimum atomic E-state index is -1.12. The third-order valence-corrected chi connectivity index (χ3v) is 2.52. The van der Waals surface area contributed by atoms with Crippen LogP contribution in [0.2, 0.25) is 0 Å². The van der Waals surface area contributed by atoms with Crippen LogP contribution in [-0.4, -0.2) is 34.7 Å². The molecule has 0 saturated heterocycles. The maximum atomic E-state index is 11.6. The molecule has 0 radical (unpaired) electrons. The normalized spacial score (nSPS) is 13.3. The summed E-state index contributed by atoms with van der Waals surface area (Å²) in [6.45, 7) is 5.10. The minimum Gasteiger partial charge on any atom is -0.480 e. The van der Waals surface area contributed by atoms with Gasteiger partial charge in [0.25, 0.3) is 0 Å². The quantitative estimate of drug-likeness (QED) is 0.600. The van der Waals surface area contributed by atoms with Gasteiger partial charge in [-0.2, -0.15) is 0 Å². The van der Waals surface area contributed by atoms with Crippen molar-refractivity contribution in [3.05, 3.63) is 0 Å². The molecule has 0 fully saturated rings. The van der Waals surface area contributed by atoms with Crippen LogP contribution < -0.4 is 5.32 Å². The maximum Gasteiger partial charge on any atom is 0.326 e. The number of carbonyl (C=O) groups excluding carboxylic acids is 1. The van der Waals surface area contributed by atoms with Crippen LogP contribution in [-0.2, 0) is 9.59 Å². The highest BCUT2D eigenvalue weighted by Gasteiger charge is 2.29. The second-order valence-corrected chi connectivity index (χ2v) is 4.11. The van der Waals surface area contributed by atoms with Gasteiger partial charge in [-0.25, -0.2) is 4.79 Å². The highest BCUT2D eigenvalue weighted by Crippen LogP contribution is 2.19. The average molecular weight is 217 g/mol. The van der Waals surface area contributed by atoms with E-state index in [0.717, 1.165) is 0 Å². The molecule has 0 rings (SSSR count). The van der Waals surface area contributed by atoms with Crippen LogP contribution >= 0.6 is 0 Å². The van der Waals surface area contributed by atoms with E-state index in [4.69, 9.17) is 10.2 Å². The second-order valence-electron chi connectivity index (χ2n) is 4.11. The summed E-state index contributed by atoms with van der Waals surface area (Å²) in [7, 11) is 0. The molecule has 1 amide bonds. The molecule has 0 bridgehead atoms. The number of nitrogens with one attached hydrogen (secondary N) is 1. The average Bonchev–Trinajstić information content (AvgIpc) is 2.16. The van der Waals surface area contributed by atoms with Gasteiger partial charge in [0.05, 0.1) is 0 Å². The molecule has 15 heavy (non-hydrogen) atoms. The number of carbonyl (C=O) groups is 2. The van der Waals surface area contributed by atoms with Gasteiger partial charge in [-0.1, -0.05) is 20.8 Å². The van der Waals surface area contributed by atoms with E-state index < -0.39 is 17.4 Å². The van der Waals surface area contributed by atoms with E-state index in [-0.39, 0.29) is 18.9 Å². The fraction of sp³-hybridized carbons (Fsp3) is 0.800. The van der Waals surface area contributed by atoms with Gasteiger partial charge in [-0.3, -0.25) is 4.79 Å². The number of hydrogen-bond acceptors (Lipinski definition) is 3. The number of aliphatic hydroxyl groups excluding tert-OH is 1. The fourth-order valence-corrected chi connectivity index (χ4v) is 0.901. The first-order valence-corrected chi connectivity index (χ1v) is 4.99. The molecule has 0 aromatic carbocycles. The van der Waals surface area contributed by atoms with Crippen molar-refractivity contribution in [1.82, 2.24) is 5.32 Å². The Labute approximate surface area is 89.5 Å². The number of amides is 1. The Morgan fingerprint density at radius 2 is 1.93 bits per heavy atom. The summed E-state index contributed by atoms with van der Waals surface area (Å²) < 4.78 is 0. The summed E-state index contributed by atoms with van der Waals surface area (Å²) in [5.41, 5.74) is -0.580. The predicted octanol–water partition coefficient (Wildman–Crippen LogP) is 0.374. The fourth-order valence-electron chi connectivity index (χ4n) is 0.901. The molecule has 0 aromatic heterocycles. The van der Waals surface area contributed by atoms with Crippen molar-refractivity contribution in [2.75, 3.05) is 6.61 Å². The molecule has 0 spiro atoms. The van der Waals surface area contributed by atoms with Crippen molar-refractivity contribution in [1.29, 1.82) is 0 Å². The van der Waals surface area contributed by atoms with Crippen molar-refractivity contribution in [3.63, 3.8) is 0 Å². The zero-order valence-electron chi connectivity index (χ0n) is 9.41. The number of aliphatic hydroxyl groups is 1. The lowest BCUT2D eigenvalue weighted by Crippen LogP contribution is -2.46. The van der Waals surface area contributed by atoms with E-state index in [0.29, 0.717) is 6.42 Å². The monoisotopic (exact) mass is 217 g/mol. The Morgan fingerprint density at radius 1 is 1.40 bits per heavy atom. The summed E-state index contributed by atoms with van der Waals surface area (Å²) in [5, 5.41) is 19.8. The molecule has 0 aliphatic rings. The van der Waals surface area contributed by atoms with Gasteiger partial charge < -0.3 is 15.5 Å². The second kappa shape index (κ2) is 5.70.